The van der Waals surface area contributed by atoms with Crippen LogP contribution in [0, 0.1) is 0 Å². The molecule has 0 aliphatic rings. The van der Waals surface area contributed by atoms with Gasteiger partial charge in [0.2, 0.25) is 0 Å². The molecule has 0 aliphatic carbocycles. The maximum absolute atomic E-state index is 11.7. The van der Waals surface area contributed by atoms with Crippen LogP contribution in [0.25, 0.3) is 0 Å². The highest BCUT2D eigenvalue weighted by molar-refractivity contribution is 9.10. The first-order valence-corrected chi connectivity index (χ1v) is 8.52. The summed E-state index contributed by atoms with van der Waals surface area (Å²) in [6, 6.07) is 3.29. The SMILES string of the molecule is CCCCOC(=O)NC(C)(C)COc1cc(Cl)c(Br)cc1Cl. The van der Waals surface area contributed by atoms with Crippen molar-refractivity contribution in [1.29, 1.82) is 0 Å². The summed E-state index contributed by atoms with van der Waals surface area (Å²) < 4.78 is 11.4. The summed E-state index contributed by atoms with van der Waals surface area (Å²) in [5.74, 6) is 0.462. The van der Waals surface area contributed by atoms with Gasteiger partial charge in [-0.25, -0.2) is 4.79 Å². The molecule has 1 N–H and O–H groups in total. The van der Waals surface area contributed by atoms with E-state index >= 15 is 0 Å². The molecule has 0 atom stereocenters. The molecule has 0 aliphatic heterocycles. The lowest BCUT2D eigenvalue weighted by molar-refractivity contribution is 0.124. The Labute approximate surface area is 149 Å². The molecule has 0 saturated carbocycles. The Morgan fingerprint density at radius 2 is 2.00 bits per heavy atom. The molecule has 0 aromatic heterocycles. The van der Waals surface area contributed by atoms with E-state index < -0.39 is 11.6 Å². The minimum absolute atomic E-state index is 0.230. The molecule has 1 rings (SSSR count). The minimum Gasteiger partial charge on any atom is -0.490 e. The average Bonchev–Trinajstić information content (AvgIpc) is 2.41. The zero-order valence-corrected chi connectivity index (χ0v) is 15.9. The molecule has 124 valence electrons. The Hall–Kier alpha value is -0.650. The molecule has 0 radical (unpaired) electrons. The Kier molecular flexibility index (Phi) is 7.80. The maximum atomic E-state index is 11.7. The van der Waals surface area contributed by atoms with Crippen molar-refractivity contribution in [3.63, 3.8) is 0 Å². The third-order valence-electron chi connectivity index (χ3n) is 2.73. The molecule has 7 heteroatoms. The van der Waals surface area contributed by atoms with E-state index in [1.807, 2.05) is 20.8 Å². The zero-order chi connectivity index (χ0) is 16.8. The summed E-state index contributed by atoms with van der Waals surface area (Å²) in [5.41, 5.74) is -0.605. The summed E-state index contributed by atoms with van der Waals surface area (Å²) in [4.78, 5) is 11.7. The second kappa shape index (κ2) is 8.85. The first-order valence-electron chi connectivity index (χ1n) is 6.97. The fraction of sp³-hybridized carbons (Fsp3) is 0.533. The van der Waals surface area contributed by atoms with Crippen molar-refractivity contribution in [2.45, 2.75) is 39.2 Å². The van der Waals surface area contributed by atoms with E-state index in [9.17, 15) is 4.79 Å². The van der Waals surface area contributed by atoms with Crippen LogP contribution in [0.1, 0.15) is 33.6 Å². The molecule has 0 spiro atoms. The van der Waals surface area contributed by atoms with Crippen LogP contribution < -0.4 is 10.1 Å². The summed E-state index contributed by atoms with van der Waals surface area (Å²) in [6.45, 7) is 6.35. The van der Waals surface area contributed by atoms with E-state index in [-0.39, 0.29) is 6.61 Å². The molecule has 0 fully saturated rings. The molecule has 22 heavy (non-hydrogen) atoms. The number of benzene rings is 1. The largest absolute Gasteiger partial charge is 0.490 e. The Morgan fingerprint density at radius 3 is 2.64 bits per heavy atom. The fourth-order valence-electron chi connectivity index (χ4n) is 1.53. The quantitative estimate of drug-likeness (QED) is 0.479. The van der Waals surface area contributed by atoms with Crippen molar-refractivity contribution in [3.8, 4) is 5.75 Å². The lowest BCUT2D eigenvalue weighted by atomic mass is 10.1. The van der Waals surface area contributed by atoms with Gasteiger partial charge in [-0.2, -0.15) is 0 Å². The second-order valence-electron chi connectivity index (χ2n) is 5.48. The van der Waals surface area contributed by atoms with Crippen LogP contribution in [-0.4, -0.2) is 24.8 Å². The van der Waals surface area contributed by atoms with Crippen molar-refractivity contribution < 1.29 is 14.3 Å². The number of hydrogen-bond acceptors (Lipinski definition) is 3. The van der Waals surface area contributed by atoms with Gasteiger partial charge >= 0.3 is 6.09 Å². The lowest BCUT2D eigenvalue weighted by Crippen LogP contribution is -2.48. The first kappa shape index (κ1) is 19.4. The van der Waals surface area contributed by atoms with Crippen molar-refractivity contribution in [1.82, 2.24) is 5.32 Å². The number of rotatable bonds is 7. The van der Waals surface area contributed by atoms with Crippen LogP contribution >= 0.6 is 39.1 Å². The van der Waals surface area contributed by atoms with Gasteiger partial charge in [-0.1, -0.05) is 36.5 Å². The third-order valence-corrected chi connectivity index (χ3v) is 4.23. The summed E-state index contributed by atoms with van der Waals surface area (Å²) in [5, 5.41) is 3.71. The summed E-state index contributed by atoms with van der Waals surface area (Å²) in [7, 11) is 0. The lowest BCUT2D eigenvalue weighted by Gasteiger charge is -2.26. The minimum atomic E-state index is -0.605. The van der Waals surface area contributed by atoms with Gasteiger partial charge in [-0.05, 0) is 42.3 Å². The predicted octanol–water partition coefficient (Wildman–Crippen LogP) is 5.44. The van der Waals surface area contributed by atoms with Gasteiger partial charge in [-0.3, -0.25) is 0 Å². The Balaban J connectivity index is 2.55. The van der Waals surface area contributed by atoms with Crippen LogP contribution in [0.15, 0.2) is 16.6 Å². The van der Waals surface area contributed by atoms with Crippen molar-refractivity contribution in [2.75, 3.05) is 13.2 Å². The number of hydrogen-bond donors (Lipinski definition) is 1. The number of ether oxygens (including phenoxy) is 2. The van der Waals surface area contributed by atoms with Crippen LogP contribution in [0.2, 0.25) is 10.0 Å². The highest BCUT2D eigenvalue weighted by atomic mass is 79.9. The zero-order valence-electron chi connectivity index (χ0n) is 12.8. The molecule has 0 saturated heterocycles. The van der Waals surface area contributed by atoms with Gasteiger partial charge in [0.1, 0.15) is 12.4 Å². The molecular weight excluding hydrogens is 393 g/mol. The van der Waals surface area contributed by atoms with Crippen LogP contribution in [0.3, 0.4) is 0 Å². The van der Waals surface area contributed by atoms with E-state index in [2.05, 4.69) is 21.2 Å². The maximum Gasteiger partial charge on any atom is 0.407 e. The molecule has 0 heterocycles. The van der Waals surface area contributed by atoms with Gasteiger partial charge in [-0.15, -0.1) is 0 Å². The standard InChI is InChI=1S/C15H20BrCl2NO3/c1-4-5-6-21-14(20)19-15(2,3)9-22-13-8-11(17)10(16)7-12(13)18/h7-8H,4-6,9H2,1-3H3,(H,19,20). The summed E-state index contributed by atoms with van der Waals surface area (Å²) in [6.07, 6.45) is 1.36. The highest BCUT2D eigenvalue weighted by Crippen LogP contribution is 2.34. The molecular formula is C15H20BrCl2NO3. The molecule has 0 bridgehead atoms. The number of alkyl carbamates (subject to hydrolysis) is 1. The smallest absolute Gasteiger partial charge is 0.407 e. The van der Waals surface area contributed by atoms with Crippen molar-refractivity contribution in [3.05, 3.63) is 26.7 Å². The predicted molar refractivity (Wildman–Crippen MR) is 93.1 cm³/mol. The van der Waals surface area contributed by atoms with E-state index in [0.29, 0.717) is 26.9 Å². The van der Waals surface area contributed by atoms with Crippen LogP contribution in [0.5, 0.6) is 5.75 Å². The number of carbonyl (C=O) groups excluding carboxylic acids is 1. The molecule has 4 nitrogen and oxygen atoms in total. The normalized spacial score (nSPS) is 11.2. The van der Waals surface area contributed by atoms with Gasteiger partial charge in [0, 0.05) is 10.5 Å². The number of nitrogens with one attached hydrogen (secondary N) is 1. The number of amides is 1. The molecule has 0 unspecified atom stereocenters. The van der Waals surface area contributed by atoms with E-state index in [1.54, 1.807) is 12.1 Å². The topological polar surface area (TPSA) is 47.6 Å². The first-order chi connectivity index (χ1) is 10.2. The van der Waals surface area contributed by atoms with E-state index in [0.717, 1.165) is 12.8 Å². The van der Waals surface area contributed by atoms with Crippen molar-refractivity contribution >= 4 is 45.2 Å². The fourth-order valence-corrected chi connectivity index (χ4v) is 2.38. The number of halogens is 3. The van der Waals surface area contributed by atoms with Crippen molar-refractivity contribution in [2.24, 2.45) is 0 Å². The highest BCUT2D eigenvalue weighted by Gasteiger charge is 2.23. The summed E-state index contributed by atoms with van der Waals surface area (Å²) >= 11 is 15.4. The number of carbonyl (C=O) groups is 1. The van der Waals surface area contributed by atoms with Gasteiger partial charge < -0.3 is 14.8 Å². The second-order valence-corrected chi connectivity index (χ2v) is 7.15. The van der Waals surface area contributed by atoms with Crippen LogP contribution in [-0.2, 0) is 4.74 Å². The Morgan fingerprint density at radius 1 is 1.32 bits per heavy atom. The van der Waals surface area contributed by atoms with E-state index in [1.165, 1.54) is 0 Å². The molecule has 1 aromatic rings. The van der Waals surface area contributed by atoms with Gasteiger partial charge in [0.05, 0.1) is 22.2 Å². The monoisotopic (exact) mass is 411 g/mol. The van der Waals surface area contributed by atoms with Crippen LogP contribution in [0.4, 0.5) is 4.79 Å². The van der Waals surface area contributed by atoms with Gasteiger partial charge in [0.15, 0.2) is 0 Å². The number of unbranched alkanes of at least 4 members (excludes halogenated alkanes) is 1. The molecule has 1 aromatic carbocycles. The van der Waals surface area contributed by atoms with E-state index in [4.69, 9.17) is 32.7 Å². The van der Waals surface area contributed by atoms with Gasteiger partial charge in [0.25, 0.3) is 0 Å². The Bertz CT molecular complexity index is 524. The molecule has 1 amide bonds. The third kappa shape index (κ3) is 6.63. The average molecular weight is 413 g/mol.